The number of amides is 1. The van der Waals surface area contributed by atoms with Gasteiger partial charge in [0.1, 0.15) is 0 Å². The molecule has 0 aliphatic heterocycles. The fourth-order valence-corrected chi connectivity index (χ4v) is 1.24. The Labute approximate surface area is 85.8 Å². The first-order valence-corrected chi connectivity index (χ1v) is 4.96. The van der Waals surface area contributed by atoms with Crippen molar-refractivity contribution >= 4 is 27.5 Å². The lowest BCUT2D eigenvalue weighted by atomic mass is 10.2. The van der Waals surface area contributed by atoms with Crippen LogP contribution in [-0.4, -0.2) is 5.91 Å². The third-order valence-electron chi connectivity index (χ3n) is 1.56. The van der Waals surface area contributed by atoms with Crippen molar-refractivity contribution in [2.45, 2.75) is 5.33 Å². The summed E-state index contributed by atoms with van der Waals surface area (Å²) in [5.41, 5.74) is 1.96. The average molecular weight is 240 g/mol. The second-order valence-electron chi connectivity index (χ2n) is 2.52. The van der Waals surface area contributed by atoms with E-state index in [2.05, 4.69) is 27.8 Å². The van der Waals surface area contributed by atoms with E-state index in [4.69, 9.17) is 0 Å². The predicted molar refractivity (Wildman–Crippen MR) is 57.9 cm³/mol. The van der Waals surface area contributed by atoms with Crippen LogP contribution < -0.4 is 5.32 Å². The molecule has 13 heavy (non-hydrogen) atoms. The molecule has 0 radical (unpaired) electrons. The Kier molecular flexibility index (Phi) is 3.71. The van der Waals surface area contributed by atoms with Crippen molar-refractivity contribution in [3.05, 3.63) is 42.5 Å². The smallest absolute Gasteiger partial charge is 0.247 e. The molecule has 1 rings (SSSR count). The number of carbonyl (C=O) groups is 1. The van der Waals surface area contributed by atoms with Gasteiger partial charge < -0.3 is 5.32 Å². The highest BCUT2D eigenvalue weighted by Crippen LogP contribution is 2.11. The molecule has 0 fully saturated rings. The van der Waals surface area contributed by atoms with Gasteiger partial charge in [0.05, 0.1) is 0 Å². The van der Waals surface area contributed by atoms with Crippen LogP contribution in [0.3, 0.4) is 0 Å². The van der Waals surface area contributed by atoms with Gasteiger partial charge in [-0.3, -0.25) is 4.79 Å². The summed E-state index contributed by atoms with van der Waals surface area (Å²) >= 11 is 3.34. The molecule has 68 valence electrons. The van der Waals surface area contributed by atoms with E-state index in [0.29, 0.717) is 0 Å². The van der Waals surface area contributed by atoms with E-state index in [1.54, 1.807) is 0 Å². The van der Waals surface area contributed by atoms with Gasteiger partial charge in [-0.25, -0.2) is 0 Å². The number of rotatable bonds is 3. The van der Waals surface area contributed by atoms with Gasteiger partial charge in [-0.15, -0.1) is 0 Å². The van der Waals surface area contributed by atoms with Crippen LogP contribution in [0.25, 0.3) is 0 Å². The van der Waals surface area contributed by atoms with Gasteiger partial charge in [0, 0.05) is 11.0 Å². The summed E-state index contributed by atoms with van der Waals surface area (Å²) in [5.74, 6) is -0.188. The molecule has 0 saturated carbocycles. The van der Waals surface area contributed by atoms with Crippen LogP contribution in [0.2, 0.25) is 0 Å². The standard InChI is InChI=1S/C10H10BrNO/c1-2-10(13)12-9-5-3-8(7-11)4-6-9/h2-6H,1,7H2,(H,12,13). The first kappa shape index (κ1) is 9.99. The molecule has 0 aliphatic carbocycles. The molecule has 0 heterocycles. The Morgan fingerprint density at radius 3 is 2.54 bits per heavy atom. The molecule has 3 heteroatoms. The zero-order valence-corrected chi connectivity index (χ0v) is 8.67. The molecule has 0 bridgehead atoms. The normalized spacial score (nSPS) is 9.31. The van der Waals surface area contributed by atoms with E-state index >= 15 is 0 Å². The van der Waals surface area contributed by atoms with Gasteiger partial charge in [-0.1, -0.05) is 34.6 Å². The van der Waals surface area contributed by atoms with Crippen molar-refractivity contribution < 1.29 is 4.79 Å². The molecule has 0 aliphatic rings. The molecule has 0 aromatic heterocycles. The zero-order chi connectivity index (χ0) is 9.68. The van der Waals surface area contributed by atoms with E-state index in [1.807, 2.05) is 24.3 Å². The maximum atomic E-state index is 10.9. The van der Waals surface area contributed by atoms with E-state index in [0.717, 1.165) is 11.0 Å². The minimum absolute atomic E-state index is 0.188. The summed E-state index contributed by atoms with van der Waals surface area (Å²) in [6, 6.07) is 7.62. The summed E-state index contributed by atoms with van der Waals surface area (Å²) in [4.78, 5) is 10.9. The SMILES string of the molecule is C=CC(=O)Nc1ccc(CBr)cc1. The minimum Gasteiger partial charge on any atom is -0.323 e. The highest BCUT2D eigenvalue weighted by molar-refractivity contribution is 9.08. The zero-order valence-electron chi connectivity index (χ0n) is 7.09. The Morgan fingerprint density at radius 2 is 2.08 bits per heavy atom. The van der Waals surface area contributed by atoms with Gasteiger partial charge in [0.15, 0.2) is 0 Å². The fraction of sp³-hybridized carbons (Fsp3) is 0.100. The molecule has 2 nitrogen and oxygen atoms in total. The monoisotopic (exact) mass is 239 g/mol. The molecule has 1 aromatic rings. The molecule has 1 N–H and O–H groups in total. The number of anilines is 1. The highest BCUT2D eigenvalue weighted by atomic mass is 79.9. The van der Waals surface area contributed by atoms with Crippen molar-refractivity contribution in [1.82, 2.24) is 0 Å². The Balaban J connectivity index is 2.69. The highest BCUT2D eigenvalue weighted by Gasteiger charge is 1.95. The third kappa shape index (κ3) is 3.03. The van der Waals surface area contributed by atoms with Crippen LogP contribution >= 0.6 is 15.9 Å². The fourth-order valence-electron chi connectivity index (χ4n) is 0.870. The first-order chi connectivity index (χ1) is 6.26. The third-order valence-corrected chi connectivity index (χ3v) is 2.21. The molecule has 1 aromatic carbocycles. The van der Waals surface area contributed by atoms with E-state index in [9.17, 15) is 4.79 Å². The van der Waals surface area contributed by atoms with Crippen LogP contribution in [0, 0.1) is 0 Å². The van der Waals surface area contributed by atoms with Gasteiger partial charge in [-0.05, 0) is 23.8 Å². The van der Waals surface area contributed by atoms with Gasteiger partial charge in [0.25, 0.3) is 0 Å². The van der Waals surface area contributed by atoms with Crippen molar-refractivity contribution in [3.8, 4) is 0 Å². The second-order valence-corrected chi connectivity index (χ2v) is 3.08. The lowest BCUT2D eigenvalue weighted by Gasteiger charge is -2.02. The van der Waals surface area contributed by atoms with Crippen molar-refractivity contribution in [1.29, 1.82) is 0 Å². The summed E-state index contributed by atoms with van der Waals surface area (Å²) in [6.07, 6.45) is 1.25. The molecular weight excluding hydrogens is 230 g/mol. The molecule has 1 amide bonds. The molecule has 0 saturated heterocycles. The summed E-state index contributed by atoms with van der Waals surface area (Å²) in [7, 11) is 0. The number of halogens is 1. The van der Waals surface area contributed by atoms with Crippen molar-refractivity contribution in [2.24, 2.45) is 0 Å². The van der Waals surface area contributed by atoms with Gasteiger partial charge in [-0.2, -0.15) is 0 Å². The van der Waals surface area contributed by atoms with Crippen LogP contribution in [0.5, 0.6) is 0 Å². The van der Waals surface area contributed by atoms with Crippen LogP contribution in [0.4, 0.5) is 5.69 Å². The number of benzene rings is 1. The number of hydrogen-bond donors (Lipinski definition) is 1. The van der Waals surface area contributed by atoms with E-state index in [-0.39, 0.29) is 5.91 Å². The van der Waals surface area contributed by atoms with Crippen LogP contribution in [0.1, 0.15) is 5.56 Å². The number of alkyl halides is 1. The maximum absolute atomic E-state index is 10.9. The number of hydrogen-bond acceptors (Lipinski definition) is 1. The Hall–Kier alpha value is -1.09. The van der Waals surface area contributed by atoms with Crippen molar-refractivity contribution in [2.75, 3.05) is 5.32 Å². The lowest BCUT2D eigenvalue weighted by Crippen LogP contribution is -2.06. The quantitative estimate of drug-likeness (QED) is 0.638. The second kappa shape index (κ2) is 4.82. The largest absolute Gasteiger partial charge is 0.323 e. The molecule has 0 unspecified atom stereocenters. The summed E-state index contributed by atoms with van der Waals surface area (Å²) in [5, 5.41) is 3.49. The molecule has 0 spiro atoms. The average Bonchev–Trinajstić information content (AvgIpc) is 2.19. The summed E-state index contributed by atoms with van der Waals surface area (Å²) < 4.78 is 0. The van der Waals surface area contributed by atoms with E-state index in [1.165, 1.54) is 11.6 Å². The van der Waals surface area contributed by atoms with Crippen LogP contribution in [-0.2, 0) is 10.1 Å². The van der Waals surface area contributed by atoms with Crippen molar-refractivity contribution in [3.63, 3.8) is 0 Å². The molecule has 0 atom stereocenters. The maximum Gasteiger partial charge on any atom is 0.247 e. The topological polar surface area (TPSA) is 29.1 Å². The van der Waals surface area contributed by atoms with E-state index < -0.39 is 0 Å². The first-order valence-electron chi connectivity index (χ1n) is 3.84. The lowest BCUT2D eigenvalue weighted by molar-refractivity contribution is -0.111. The van der Waals surface area contributed by atoms with Crippen LogP contribution in [0.15, 0.2) is 36.9 Å². The molecular formula is C10H10BrNO. The predicted octanol–water partition coefficient (Wildman–Crippen LogP) is 2.71. The Bertz CT molecular complexity index is 305. The number of carbonyl (C=O) groups excluding carboxylic acids is 1. The Morgan fingerprint density at radius 1 is 1.46 bits per heavy atom. The minimum atomic E-state index is -0.188. The number of nitrogens with one attached hydrogen (secondary N) is 1. The van der Waals surface area contributed by atoms with Gasteiger partial charge >= 0.3 is 0 Å². The summed E-state index contributed by atoms with van der Waals surface area (Å²) in [6.45, 7) is 3.37. The van der Waals surface area contributed by atoms with Gasteiger partial charge in [0.2, 0.25) is 5.91 Å².